The van der Waals surface area contributed by atoms with E-state index in [0.29, 0.717) is 19.2 Å². The second-order valence-corrected chi connectivity index (χ2v) is 4.85. The normalized spacial score (nSPS) is 18.6. The highest BCUT2D eigenvalue weighted by atomic mass is 16.5. The Morgan fingerprint density at radius 1 is 1.17 bits per heavy atom. The van der Waals surface area contributed by atoms with E-state index in [4.69, 9.17) is 10.5 Å². The fraction of sp³-hybridized carbons (Fsp3) is 0.600. The summed E-state index contributed by atoms with van der Waals surface area (Å²) in [5.41, 5.74) is 7.27. The molecule has 3 nitrogen and oxygen atoms in total. The molecule has 0 aliphatic carbocycles. The number of nitrogens with two attached hydrogens (primary N) is 1. The van der Waals surface area contributed by atoms with Crippen molar-refractivity contribution in [3.63, 3.8) is 0 Å². The molecule has 2 N–H and O–H groups in total. The average molecular weight is 248 g/mol. The zero-order valence-corrected chi connectivity index (χ0v) is 11.3. The molecule has 2 rings (SSSR count). The van der Waals surface area contributed by atoms with Crippen LogP contribution in [0.4, 0.5) is 0 Å². The summed E-state index contributed by atoms with van der Waals surface area (Å²) in [5.74, 6) is 0.940. The molecule has 100 valence electrons. The van der Waals surface area contributed by atoms with E-state index in [9.17, 15) is 0 Å². The Kier molecular flexibility index (Phi) is 5.02. The molecular weight excluding hydrogens is 224 g/mol. The number of benzene rings is 1. The lowest BCUT2D eigenvalue weighted by atomic mass is 10.0. The Labute approximate surface area is 110 Å². The Morgan fingerprint density at radius 3 is 2.39 bits per heavy atom. The van der Waals surface area contributed by atoms with Gasteiger partial charge in [-0.1, -0.05) is 18.6 Å². The summed E-state index contributed by atoms with van der Waals surface area (Å²) in [4.78, 5) is 2.51. The molecule has 1 heterocycles. The van der Waals surface area contributed by atoms with Crippen LogP contribution in [-0.2, 0) is 0 Å². The minimum absolute atomic E-state index is 0.362. The number of likely N-dealkylation sites (tertiary alicyclic amines) is 1. The Bertz CT molecular complexity index is 344. The maximum Gasteiger partial charge on any atom is 0.119 e. The van der Waals surface area contributed by atoms with Crippen LogP contribution in [0.2, 0.25) is 0 Å². The van der Waals surface area contributed by atoms with Crippen molar-refractivity contribution in [3.05, 3.63) is 29.8 Å². The Morgan fingerprint density at radius 2 is 1.83 bits per heavy atom. The topological polar surface area (TPSA) is 38.5 Å². The van der Waals surface area contributed by atoms with Crippen LogP contribution in [0.1, 0.15) is 37.8 Å². The van der Waals surface area contributed by atoms with Crippen LogP contribution in [0.3, 0.4) is 0 Å². The van der Waals surface area contributed by atoms with Gasteiger partial charge in [-0.25, -0.2) is 0 Å². The number of nitrogens with zero attached hydrogens (tertiary/aromatic N) is 1. The number of ether oxygens (including phenoxy) is 1. The summed E-state index contributed by atoms with van der Waals surface area (Å²) in [7, 11) is 0. The van der Waals surface area contributed by atoms with Gasteiger partial charge in [0.2, 0.25) is 0 Å². The van der Waals surface area contributed by atoms with Gasteiger partial charge in [-0.05, 0) is 50.6 Å². The van der Waals surface area contributed by atoms with Crippen molar-refractivity contribution in [2.45, 2.75) is 32.2 Å². The SMILES string of the molecule is CCOc1ccc(C(CN)N2CCCCC2)cc1. The van der Waals surface area contributed by atoms with Gasteiger partial charge in [-0.3, -0.25) is 4.90 Å². The minimum Gasteiger partial charge on any atom is -0.494 e. The molecule has 0 amide bonds. The van der Waals surface area contributed by atoms with Crippen molar-refractivity contribution in [1.82, 2.24) is 4.90 Å². The lowest BCUT2D eigenvalue weighted by Crippen LogP contribution is -2.37. The zero-order valence-electron chi connectivity index (χ0n) is 11.3. The second-order valence-electron chi connectivity index (χ2n) is 4.85. The summed E-state index contributed by atoms with van der Waals surface area (Å²) in [5, 5.41) is 0. The van der Waals surface area contributed by atoms with Crippen molar-refractivity contribution >= 4 is 0 Å². The van der Waals surface area contributed by atoms with E-state index in [2.05, 4.69) is 17.0 Å². The lowest BCUT2D eigenvalue weighted by Gasteiger charge is -2.34. The van der Waals surface area contributed by atoms with Crippen LogP contribution < -0.4 is 10.5 Å². The van der Waals surface area contributed by atoms with E-state index >= 15 is 0 Å². The monoisotopic (exact) mass is 248 g/mol. The van der Waals surface area contributed by atoms with Crippen LogP contribution in [0.25, 0.3) is 0 Å². The Hall–Kier alpha value is -1.06. The molecule has 1 aromatic carbocycles. The van der Waals surface area contributed by atoms with E-state index < -0.39 is 0 Å². The molecule has 3 heteroatoms. The second kappa shape index (κ2) is 6.76. The fourth-order valence-electron chi connectivity index (χ4n) is 2.68. The van der Waals surface area contributed by atoms with E-state index in [1.807, 2.05) is 19.1 Å². The van der Waals surface area contributed by atoms with E-state index in [1.54, 1.807) is 0 Å². The summed E-state index contributed by atoms with van der Waals surface area (Å²) < 4.78 is 5.47. The first-order chi connectivity index (χ1) is 8.85. The largest absolute Gasteiger partial charge is 0.494 e. The molecule has 1 atom stereocenters. The molecule has 1 aromatic rings. The average Bonchev–Trinajstić information content (AvgIpc) is 2.43. The molecule has 1 unspecified atom stereocenters. The van der Waals surface area contributed by atoms with Gasteiger partial charge in [0, 0.05) is 12.6 Å². The van der Waals surface area contributed by atoms with Crippen molar-refractivity contribution in [2.75, 3.05) is 26.2 Å². The smallest absolute Gasteiger partial charge is 0.119 e. The third kappa shape index (κ3) is 3.24. The summed E-state index contributed by atoms with van der Waals surface area (Å²) in [6, 6.07) is 8.76. The van der Waals surface area contributed by atoms with Crippen LogP contribution >= 0.6 is 0 Å². The molecule has 1 aliphatic rings. The van der Waals surface area contributed by atoms with Gasteiger partial charge < -0.3 is 10.5 Å². The van der Waals surface area contributed by atoms with Gasteiger partial charge in [0.05, 0.1) is 6.61 Å². The van der Waals surface area contributed by atoms with Gasteiger partial charge in [0.15, 0.2) is 0 Å². The van der Waals surface area contributed by atoms with Crippen molar-refractivity contribution in [1.29, 1.82) is 0 Å². The van der Waals surface area contributed by atoms with Crippen LogP contribution in [0, 0.1) is 0 Å². The number of hydrogen-bond donors (Lipinski definition) is 1. The number of hydrogen-bond acceptors (Lipinski definition) is 3. The molecule has 18 heavy (non-hydrogen) atoms. The number of piperidine rings is 1. The lowest BCUT2D eigenvalue weighted by molar-refractivity contribution is 0.167. The highest BCUT2D eigenvalue weighted by Gasteiger charge is 2.20. The third-order valence-corrected chi connectivity index (χ3v) is 3.63. The van der Waals surface area contributed by atoms with Crippen molar-refractivity contribution in [3.8, 4) is 5.75 Å². The highest BCUT2D eigenvalue weighted by molar-refractivity contribution is 5.29. The molecule has 0 saturated carbocycles. The summed E-state index contributed by atoms with van der Waals surface area (Å²) >= 11 is 0. The molecule has 1 aliphatic heterocycles. The van der Waals surface area contributed by atoms with E-state index in [1.165, 1.54) is 37.9 Å². The third-order valence-electron chi connectivity index (χ3n) is 3.63. The van der Waals surface area contributed by atoms with Gasteiger partial charge in [0.25, 0.3) is 0 Å². The van der Waals surface area contributed by atoms with Gasteiger partial charge in [-0.15, -0.1) is 0 Å². The molecule has 0 aromatic heterocycles. The minimum atomic E-state index is 0.362. The maximum absolute atomic E-state index is 5.96. The summed E-state index contributed by atoms with van der Waals surface area (Å²) in [6.07, 6.45) is 3.96. The quantitative estimate of drug-likeness (QED) is 0.870. The van der Waals surface area contributed by atoms with Crippen molar-refractivity contribution < 1.29 is 4.74 Å². The van der Waals surface area contributed by atoms with Gasteiger partial charge in [-0.2, -0.15) is 0 Å². The van der Waals surface area contributed by atoms with E-state index in [-0.39, 0.29) is 0 Å². The van der Waals surface area contributed by atoms with Crippen LogP contribution in [0.15, 0.2) is 24.3 Å². The Balaban J connectivity index is 2.06. The molecule has 0 spiro atoms. The molecule has 0 bridgehead atoms. The van der Waals surface area contributed by atoms with E-state index in [0.717, 1.165) is 5.75 Å². The first kappa shape index (κ1) is 13.4. The molecule has 1 saturated heterocycles. The zero-order chi connectivity index (χ0) is 12.8. The highest BCUT2D eigenvalue weighted by Crippen LogP contribution is 2.25. The predicted molar refractivity (Wildman–Crippen MR) is 74.8 cm³/mol. The molecule has 1 fully saturated rings. The van der Waals surface area contributed by atoms with Crippen molar-refractivity contribution in [2.24, 2.45) is 5.73 Å². The molecule has 0 radical (unpaired) electrons. The standard InChI is InChI=1S/C15H24N2O/c1-2-18-14-8-6-13(7-9-14)15(12-16)17-10-4-3-5-11-17/h6-9,15H,2-5,10-12,16H2,1H3. The predicted octanol–water partition coefficient (Wildman–Crippen LogP) is 2.57. The van der Waals surface area contributed by atoms with Gasteiger partial charge in [0.1, 0.15) is 5.75 Å². The summed E-state index contributed by atoms with van der Waals surface area (Å²) in [6.45, 7) is 5.76. The first-order valence-corrected chi connectivity index (χ1v) is 7.02. The van der Waals surface area contributed by atoms with Gasteiger partial charge >= 0.3 is 0 Å². The fourth-order valence-corrected chi connectivity index (χ4v) is 2.68. The van der Waals surface area contributed by atoms with Crippen LogP contribution in [-0.4, -0.2) is 31.1 Å². The maximum atomic E-state index is 5.96. The first-order valence-electron chi connectivity index (χ1n) is 7.02. The molecular formula is C15H24N2O. The van der Waals surface area contributed by atoms with Crippen LogP contribution in [0.5, 0.6) is 5.75 Å². The number of rotatable bonds is 5.